The molecular formula is C26H28N4O2. The molecule has 0 atom stereocenters. The topological polar surface area (TPSA) is 92.1 Å². The summed E-state index contributed by atoms with van der Waals surface area (Å²) in [6, 6.07) is 6.29. The van der Waals surface area contributed by atoms with Crippen LogP contribution in [0.2, 0.25) is 0 Å². The van der Waals surface area contributed by atoms with Gasteiger partial charge in [-0.3, -0.25) is 9.59 Å². The van der Waals surface area contributed by atoms with Crippen LogP contribution >= 0.6 is 0 Å². The second-order valence-electron chi connectivity index (χ2n) is 8.84. The molecule has 0 bridgehead atoms. The Morgan fingerprint density at radius 3 is 2.75 bits per heavy atom. The van der Waals surface area contributed by atoms with Crippen molar-refractivity contribution in [1.29, 1.82) is 0 Å². The maximum absolute atomic E-state index is 12.3. The number of hydrogen-bond donors (Lipinski definition) is 2. The Bertz CT molecular complexity index is 1270. The number of nitrogens with two attached hydrogens (primary N) is 1. The van der Waals surface area contributed by atoms with Crippen LogP contribution in [0, 0.1) is 6.92 Å². The number of nitrogens with zero attached hydrogens (tertiary/aromatic N) is 2. The van der Waals surface area contributed by atoms with Gasteiger partial charge in [-0.1, -0.05) is 31.2 Å². The minimum absolute atomic E-state index is 0.0388. The van der Waals surface area contributed by atoms with Gasteiger partial charge in [-0.15, -0.1) is 0 Å². The third-order valence-electron chi connectivity index (χ3n) is 6.93. The number of aryl methyl sites for hydroxylation is 3. The summed E-state index contributed by atoms with van der Waals surface area (Å²) in [5.41, 5.74) is 14.8. The Kier molecular flexibility index (Phi) is 5.08. The highest BCUT2D eigenvalue weighted by Gasteiger charge is 2.27. The van der Waals surface area contributed by atoms with Crippen molar-refractivity contribution in [2.75, 3.05) is 6.54 Å². The van der Waals surface area contributed by atoms with Gasteiger partial charge in [0.2, 0.25) is 5.91 Å². The van der Waals surface area contributed by atoms with Crippen molar-refractivity contribution >= 4 is 22.7 Å². The molecule has 3 heterocycles. The predicted molar refractivity (Wildman–Crippen MR) is 125 cm³/mol. The predicted octanol–water partition coefficient (Wildman–Crippen LogP) is 3.98. The molecule has 3 N–H and O–H groups in total. The molecule has 0 spiro atoms. The van der Waals surface area contributed by atoms with E-state index in [1.54, 1.807) is 0 Å². The molecule has 2 amide bonds. The van der Waals surface area contributed by atoms with Crippen molar-refractivity contribution in [3.63, 3.8) is 0 Å². The molecule has 0 saturated heterocycles. The molecule has 2 aliphatic rings. The van der Waals surface area contributed by atoms with Crippen LogP contribution in [0.1, 0.15) is 57.8 Å². The lowest BCUT2D eigenvalue weighted by atomic mass is 9.87. The largest absolute Gasteiger partial charge is 0.364 e. The number of amides is 2. The fraction of sp³-hybridized carbons (Fsp3) is 0.346. The third kappa shape index (κ3) is 3.22. The van der Waals surface area contributed by atoms with Crippen LogP contribution in [0.3, 0.4) is 0 Å². The molecule has 164 valence electrons. The number of H-pyrrole nitrogens is 1. The Labute approximate surface area is 187 Å². The van der Waals surface area contributed by atoms with Gasteiger partial charge in [0.1, 0.15) is 0 Å². The number of benzene rings is 1. The standard InChI is InChI=1S/C26H28N4O2/c1-3-21(31)30-13-12-17-16(14-30)8-7-10-18(17)22-15(2)28-25(26(27)32)24-23(22)19-9-5-4-6-11-20(19)29-24/h3,7-8,10,29H,1,4-6,9,11-14H2,2H3,(H2,27,32). The van der Waals surface area contributed by atoms with E-state index in [0.717, 1.165) is 65.4 Å². The minimum Gasteiger partial charge on any atom is -0.364 e. The van der Waals surface area contributed by atoms with Gasteiger partial charge in [0, 0.05) is 35.4 Å². The van der Waals surface area contributed by atoms with Gasteiger partial charge in [0.05, 0.1) is 5.52 Å². The molecule has 5 rings (SSSR count). The summed E-state index contributed by atoms with van der Waals surface area (Å²) in [4.78, 5) is 34.4. The quantitative estimate of drug-likeness (QED) is 0.488. The minimum atomic E-state index is -0.505. The zero-order chi connectivity index (χ0) is 22.4. The second-order valence-corrected chi connectivity index (χ2v) is 8.84. The number of rotatable bonds is 3. The molecule has 1 aliphatic heterocycles. The highest BCUT2D eigenvalue weighted by atomic mass is 16.2. The van der Waals surface area contributed by atoms with Gasteiger partial charge in [0.15, 0.2) is 5.69 Å². The van der Waals surface area contributed by atoms with E-state index in [1.807, 2.05) is 11.8 Å². The number of hydrogen-bond acceptors (Lipinski definition) is 3. The zero-order valence-electron chi connectivity index (χ0n) is 18.5. The number of pyridine rings is 1. The smallest absolute Gasteiger partial charge is 0.269 e. The third-order valence-corrected chi connectivity index (χ3v) is 6.93. The highest BCUT2D eigenvalue weighted by molar-refractivity contribution is 6.10. The molecule has 1 aliphatic carbocycles. The second kappa shape index (κ2) is 7.93. The van der Waals surface area contributed by atoms with Gasteiger partial charge in [-0.05, 0) is 67.4 Å². The van der Waals surface area contributed by atoms with Crippen molar-refractivity contribution < 1.29 is 9.59 Å². The fourth-order valence-electron chi connectivity index (χ4n) is 5.44. The summed E-state index contributed by atoms with van der Waals surface area (Å²) in [5, 5.41) is 1.10. The van der Waals surface area contributed by atoms with Crippen LogP contribution in [0.25, 0.3) is 22.0 Å². The first-order valence-electron chi connectivity index (χ1n) is 11.4. The molecule has 1 aromatic carbocycles. The lowest BCUT2D eigenvalue weighted by Gasteiger charge is -2.30. The number of fused-ring (bicyclic) bond motifs is 4. The molecule has 32 heavy (non-hydrogen) atoms. The van der Waals surface area contributed by atoms with Gasteiger partial charge in [-0.25, -0.2) is 4.98 Å². The SMILES string of the molecule is C=CC(=O)N1CCc2c(cccc2-c2c(C)nc(C(N)=O)c3[nH]c4c(c23)CCCCC4)C1. The van der Waals surface area contributed by atoms with E-state index in [2.05, 4.69) is 34.7 Å². The van der Waals surface area contributed by atoms with Crippen molar-refractivity contribution in [3.8, 4) is 11.1 Å². The number of carbonyl (C=O) groups excluding carboxylic acids is 2. The Hall–Kier alpha value is -3.41. The number of nitrogens with one attached hydrogen (secondary N) is 1. The van der Waals surface area contributed by atoms with Crippen molar-refractivity contribution in [2.24, 2.45) is 5.73 Å². The Morgan fingerprint density at radius 2 is 1.97 bits per heavy atom. The summed E-state index contributed by atoms with van der Waals surface area (Å²) >= 11 is 0. The normalized spacial score (nSPS) is 15.7. The van der Waals surface area contributed by atoms with E-state index in [4.69, 9.17) is 5.73 Å². The van der Waals surface area contributed by atoms with Crippen molar-refractivity contribution in [2.45, 2.75) is 52.0 Å². The summed E-state index contributed by atoms with van der Waals surface area (Å²) < 4.78 is 0. The fourth-order valence-corrected chi connectivity index (χ4v) is 5.44. The number of carbonyl (C=O) groups is 2. The van der Waals surface area contributed by atoms with Crippen LogP contribution in [-0.4, -0.2) is 33.2 Å². The summed E-state index contributed by atoms with van der Waals surface area (Å²) in [6.45, 7) is 6.83. The monoisotopic (exact) mass is 428 g/mol. The van der Waals surface area contributed by atoms with E-state index < -0.39 is 5.91 Å². The lowest BCUT2D eigenvalue weighted by molar-refractivity contribution is -0.126. The molecule has 3 aromatic rings. The molecule has 2 aromatic heterocycles. The van der Waals surface area contributed by atoms with E-state index in [0.29, 0.717) is 18.8 Å². The number of aromatic nitrogens is 2. The highest BCUT2D eigenvalue weighted by Crippen LogP contribution is 2.41. The van der Waals surface area contributed by atoms with Gasteiger partial charge in [0.25, 0.3) is 5.91 Å². The summed E-state index contributed by atoms with van der Waals surface area (Å²) in [5.74, 6) is -0.544. The zero-order valence-corrected chi connectivity index (χ0v) is 18.5. The van der Waals surface area contributed by atoms with Crippen LogP contribution < -0.4 is 5.73 Å². The maximum Gasteiger partial charge on any atom is 0.269 e. The first kappa shape index (κ1) is 20.5. The van der Waals surface area contributed by atoms with Gasteiger partial charge in [-0.2, -0.15) is 0 Å². The van der Waals surface area contributed by atoms with Crippen LogP contribution in [-0.2, 0) is 30.6 Å². The molecule has 0 fully saturated rings. The summed E-state index contributed by atoms with van der Waals surface area (Å²) in [7, 11) is 0. The number of primary amides is 1. The van der Waals surface area contributed by atoms with Crippen molar-refractivity contribution in [1.82, 2.24) is 14.9 Å². The molecule has 0 unspecified atom stereocenters. The van der Waals surface area contributed by atoms with E-state index in [1.165, 1.54) is 29.3 Å². The van der Waals surface area contributed by atoms with Crippen LogP contribution in [0.15, 0.2) is 30.9 Å². The Balaban J connectivity index is 1.76. The van der Waals surface area contributed by atoms with Crippen LogP contribution in [0.5, 0.6) is 0 Å². The maximum atomic E-state index is 12.3. The van der Waals surface area contributed by atoms with E-state index in [-0.39, 0.29) is 5.91 Å². The molecule has 6 nitrogen and oxygen atoms in total. The van der Waals surface area contributed by atoms with E-state index in [9.17, 15) is 9.59 Å². The summed E-state index contributed by atoms with van der Waals surface area (Å²) in [6.07, 6.45) is 7.60. The first-order valence-corrected chi connectivity index (χ1v) is 11.4. The molecular weight excluding hydrogens is 400 g/mol. The molecule has 0 radical (unpaired) electrons. The average Bonchev–Trinajstić information content (AvgIpc) is 2.98. The first-order chi connectivity index (χ1) is 15.5. The van der Waals surface area contributed by atoms with Gasteiger partial charge >= 0.3 is 0 Å². The van der Waals surface area contributed by atoms with E-state index >= 15 is 0 Å². The number of aromatic amines is 1. The lowest BCUT2D eigenvalue weighted by Crippen LogP contribution is -2.34. The average molecular weight is 429 g/mol. The van der Waals surface area contributed by atoms with Gasteiger partial charge < -0.3 is 15.6 Å². The van der Waals surface area contributed by atoms with Crippen LogP contribution in [0.4, 0.5) is 0 Å². The Morgan fingerprint density at radius 1 is 1.16 bits per heavy atom. The van der Waals surface area contributed by atoms with Crippen molar-refractivity contribution in [3.05, 3.63) is 64.6 Å². The molecule has 0 saturated carbocycles. The molecule has 6 heteroatoms.